The monoisotopic (exact) mass is 304 g/mol. The van der Waals surface area contributed by atoms with Gasteiger partial charge in [-0.3, -0.25) is 0 Å². The second kappa shape index (κ2) is 6.19. The molecule has 1 aromatic rings. The number of cyclic esters (lactones) is 2. The quantitative estimate of drug-likeness (QED) is 0.365. The number of rotatable bonds is 4. The van der Waals surface area contributed by atoms with Crippen LogP contribution in [-0.4, -0.2) is 41.8 Å². The minimum atomic E-state index is -1.23. The molecule has 6 nitrogen and oxygen atoms in total. The van der Waals surface area contributed by atoms with Gasteiger partial charge in [0.1, 0.15) is 0 Å². The minimum absolute atomic E-state index is 0.121. The molecule has 1 aromatic carbocycles. The third kappa shape index (κ3) is 3.85. The molecule has 1 heterocycles. The number of hydrazine groups is 1. The maximum absolute atomic E-state index is 12.0. The minimum Gasteiger partial charge on any atom is -0.419 e. The van der Waals surface area contributed by atoms with Gasteiger partial charge in [-0.15, -0.1) is 0 Å². The molecular formula is C16H20N2O4. The first-order valence-electron chi connectivity index (χ1n) is 6.95. The summed E-state index contributed by atoms with van der Waals surface area (Å²) in [4.78, 5) is 24.0. The molecule has 0 atom stereocenters. The SMILES string of the molecule is CN(C)N(C=C1C(=O)OC(C)(C)OC1=O)Cc1ccccc1. The van der Waals surface area contributed by atoms with Crippen molar-refractivity contribution in [2.45, 2.75) is 26.2 Å². The molecule has 0 aliphatic carbocycles. The van der Waals surface area contributed by atoms with Crippen molar-refractivity contribution in [3.8, 4) is 0 Å². The van der Waals surface area contributed by atoms with E-state index in [1.165, 1.54) is 20.0 Å². The summed E-state index contributed by atoms with van der Waals surface area (Å²) in [5, 5.41) is 3.52. The zero-order chi connectivity index (χ0) is 16.3. The third-order valence-electron chi connectivity index (χ3n) is 3.10. The average Bonchev–Trinajstić information content (AvgIpc) is 2.41. The predicted molar refractivity (Wildman–Crippen MR) is 80.0 cm³/mol. The Kier molecular flexibility index (Phi) is 4.51. The van der Waals surface area contributed by atoms with Crippen LogP contribution in [0.15, 0.2) is 42.1 Å². The number of ether oxygens (including phenoxy) is 2. The fraction of sp³-hybridized carbons (Fsp3) is 0.375. The van der Waals surface area contributed by atoms with Crippen LogP contribution in [0.1, 0.15) is 19.4 Å². The standard InChI is InChI=1S/C16H20N2O4/c1-16(2)21-14(19)13(15(20)22-16)11-18(17(3)4)10-12-8-6-5-7-9-12/h5-9,11H,10H2,1-4H3. The Bertz CT molecular complexity index is 571. The van der Waals surface area contributed by atoms with Crippen molar-refractivity contribution in [2.24, 2.45) is 0 Å². The van der Waals surface area contributed by atoms with E-state index in [9.17, 15) is 9.59 Å². The molecule has 0 N–H and O–H groups in total. The largest absolute Gasteiger partial charge is 0.419 e. The van der Waals surface area contributed by atoms with Crippen molar-refractivity contribution in [3.63, 3.8) is 0 Å². The lowest BCUT2D eigenvalue weighted by Gasteiger charge is -2.32. The van der Waals surface area contributed by atoms with Gasteiger partial charge in [-0.2, -0.15) is 0 Å². The first-order chi connectivity index (χ1) is 10.3. The van der Waals surface area contributed by atoms with E-state index in [0.29, 0.717) is 6.54 Å². The molecule has 0 saturated carbocycles. The second-order valence-electron chi connectivity index (χ2n) is 5.65. The van der Waals surface area contributed by atoms with Crippen LogP contribution in [0.3, 0.4) is 0 Å². The smallest absolute Gasteiger partial charge is 0.350 e. The van der Waals surface area contributed by atoms with E-state index in [4.69, 9.17) is 9.47 Å². The van der Waals surface area contributed by atoms with Crippen LogP contribution in [0.5, 0.6) is 0 Å². The summed E-state index contributed by atoms with van der Waals surface area (Å²) in [7, 11) is 3.65. The average molecular weight is 304 g/mol. The molecule has 0 aromatic heterocycles. The van der Waals surface area contributed by atoms with E-state index in [0.717, 1.165) is 5.56 Å². The lowest BCUT2D eigenvalue weighted by atomic mass is 10.2. The Balaban J connectivity index is 2.23. The highest BCUT2D eigenvalue weighted by molar-refractivity contribution is 6.15. The number of carbonyl (C=O) groups excluding carboxylic acids is 2. The van der Waals surface area contributed by atoms with Gasteiger partial charge in [0.15, 0.2) is 5.57 Å². The van der Waals surface area contributed by atoms with Crippen molar-refractivity contribution >= 4 is 11.9 Å². The van der Waals surface area contributed by atoms with Crippen LogP contribution in [0.4, 0.5) is 0 Å². The Hall–Kier alpha value is -2.34. The van der Waals surface area contributed by atoms with E-state index in [1.54, 1.807) is 10.0 Å². The molecule has 1 aliphatic heterocycles. The molecule has 0 unspecified atom stereocenters. The fourth-order valence-electron chi connectivity index (χ4n) is 1.99. The van der Waals surface area contributed by atoms with Gasteiger partial charge in [0.05, 0.1) is 6.54 Å². The molecule has 0 radical (unpaired) electrons. The number of benzene rings is 1. The van der Waals surface area contributed by atoms with Gasteiger partial charge in [-0.05, 0) is 5.56 Å². The van der Waals surface area contributed by atoms with Crippen molar-refractivity contribution < 1.29 is 19.1 Å². The Labute approximate surface area is 129 Å². The van der Waals surface area contributed by atoms with Gasteiger partial charge in [0.2, 0.25) is 0 Å². The van der Waals surface area contributed by atoms with Gasteiger partial charge >= 0.3 is 11.9 Å². The number of hydrogen-bond donors (Lipinski definition) is 0. The van der Waals surface area contributed by atoms with Crippen molar-refractivity contribution in [1.29, 1.82) is 0 Å². The van der Waals surface area contributed by atoms with Crippen molar-refractivity contribution in [1.82, 2.24) is 10.0 Å². The topological polar surface area (TPSA) is 59.1 Å². The van der Waals surface area contributed by atoms with E-state index in [-0.39, 0.29) is 5.57 Å². The zero-order valence-electron chi connectivity index (χ0n) is 13.2. The van der Waals surface area contributed by atoms with E-state index in [1.807, 2.05) is 44.4 Å². The lowest BCUT2D eigenvalue weighted by molar-refractivity contribution is -0.222. The highest BCUT2D eigenvalue weighted by Crippen LogP contribution is 2.23. The molecule has 22 heavy (non-hydrogen) atoms. The molecule has 118 valence electrons. The highest BCUT2D eigenvalue weighted by atomic mass is 16.7. The molecule has 2 rings (SSSR count). The molecule has 0 amide bonds. The molecule has 0 bridgehead atoms. The summed E-state index contributed by atoms with van der Waals surface area (Å²) in [6.45, 7) is 3.56. The van der Waals surface area contributed by atoms with E-state index in [2.05, 4.69) is 0 Å². The summed E-state index contributed by atoms with van der Waals surface area (Å²) in [5.41, 5.74) is 0.926. The summed E-state index contributed by atoms with van der Waals surface area (Å²) in [5.74, 6) is -2.59. The molecular weight excluding hydrogens is 284 g/mol. The number of carbonyl (C=O) groups is 2. The molecule has 0 spiro atoms. The Morgan fingerprint density at radius 1 is 1.05 bits per heavy atom. The Morgan fingerprint density at radius 3 is 2.09 bits per heavy atom. The maximum Gasteiger partial charge on any atom is 0.350 e. The number of esters is 2. The lowest BCUT2D eigenvalue weighted by Crippen LogP contribution is -2.43. The normalized spacial score (nSPS) is 17.0. The van der Waals surface area contributed by atoms with Crippen molar-refractivity contribution in [2.75, 3.05) is 14.1 Å². The second-order valence-corrected chi connectivity index (χ2v) is 5.65. The van der Waals surface area contributed by atoms with Crippen LogP contribution >= 0.6 is 0 Å². The van der Waals surface area contributed by atoms with Gasteiger partial charge < -0.3 is 14.5 Å². The zero-order valence-corrected chi connectivity index (χ0v) is 13.2. The highest BCUT2D eigenvalue weighted by Gasteiger charge is 2.39. The molecule has 1 saturated heterocycles. The Morgan fingerprint density at radius 2 is 1.59 bits per heavy atom. The van der Waals surface area contributed by atoms with Gasteiger partial charge in [-0.25, -0.2) is 14.6 Å². The molecule has 1 fully saturated rings. The van der Waals surface area contributed by atoms with Crippen LogP contribution in [0.25, 0.3) is 0 Å². The summed E-state index contributed by atoms with van der Waals surface area (Å²) in [6.07, 6.45) is 1.45. The first kappa shape index (κ1) is 16.0. The fourth-order valence-corrected chi connectivity index (χ4v) is 1.99. The summed E-state index contributed by atoms with van der Waals surface area (Å²) >= 11 is 0. The molecule has 6 heteroatoms. The van der Waals surface area contributed by atoms with Gasteiger partial charge in [-0.1, -0.05) is 30.3 Å². The van der Waals surface area contributed by atoms with Crippen LogP contribution in [-0.2, 0) is 25.6 Å². The van der Waals surface area contributed by atoms with E-state index < -0.39 is 17.7 Å². The van der Waals surface area contributed by atoms with Crippen LogP contribution < -0.4 is 0 Å². The van der Waals surface area contributed by atoms with E-state index >= 15 is 0 Å². The van der Waals surface area contributed by atoms with Crippen LogP contribution in [0, 0.1) is 0 Å². The number of hydrogen-bond acceptors (Lipinski definition) is 6. The number of nitrogens with zero attached hydrogens (tertiary/aromatic N) is 2. The third-order valence-corrected chi connectivity index (χ3v) is 3.10. The predicted octanol–water partition coefficient (Wildman–Crippen LogP) is 1.69. The summed E-state index contributed by atoms with van der Waals surface area (Å²) in [6, 6.07) is 9.73. The van der Waals surface area contributed by atoms with Crippen molar-refractivity contribution in [3.05, 3.63) is 47.7 Å². The van der Waals surface area contributed by atoms with Crippen LogP contribution in [0.2, 0.25) is 0 Å². The first-order valence-corrected chi connectivity index (χ1v) is 6.95. The maximum atomic E-state index is 12.0. The van der Waals surface area contributed by atoms with Gasteiger partial charge in [0.25, 0.3) is 5.79 Å². The van der Waals surface area contributed by atoms with Gasteiger partial charge in [0, 0.05) is 34.1 Å². The molecule has 1 aliphatic rings. The summed E-state index contributed by atoms with van der Waals surface area (Å²) < 4.78 is 10.2.